The van der Waals surface area contributed by atoms with Gasteiger partial charge in [-0.1, -0.05) is 13.8 Å². The first-order valence-corrected chi connectivity index (χ1v) is 6.57. The number of carbonyl (C=O) groups is 2. The van der Waals surface area contributed by atoms with Crippen molar-refractivity contribution in [2.24, 2.45) is 11.8 Å². The minimum Gasteiger partial charge on any atom is -0.341 e. The Morgan fingerprint density at radius 1 is 1.29 bits per heavy atom. The summed E-state index contributed by atoms with van der Waals surface area (Å²) in [6.45, 7) is 5.92. The Bertz CT molecular complexity index is 321. The van der Waals surface area contributed by atoms with E-state index in [-0.39, 0.29) is 23.8 Å². The van der Waals surface area contributed by atoms with Crippen molar-refractivity contribution >= 4 is 11.8 Å². The molecule has 96 valence electrons. The molecule has 17 heavy (non-hydrogen) atoms. The van der Waals surface area contributed by atoms with Crippen LogP contribution >= 0.6 is 0 Å². The van der Waals surface area contributed by atoms with Gasteiger partial charge >= 0.3 is 0 Å². The summed E-state index contributed by atoms with van der Waals surface area (Å²) in [5.74, 6) is 0.830. The normalized spacial score (nSPS) is 29.5. The Hall–Kier alpha value is -1.06. The molecule has 2 aliphatic rings. The number of amides is 2. The molecule has 0 aromatic rings. The Labute approximate surface area is 103 Å². The average molecular weight is 238 g/mol. The van der Waals surface area contributed by atoms with Gasteiger partial charge < -0.3 is 9.80 Å². The third-order valence-electron chi connectivity index (χ3n) is 4.15. The first kappa shape index (κ1) is 12.4. The van der Waals surface area contributed by atoms with Crippen LogP contribution in [0.4, 0.5) is 0 Å². The number of likely N-dealkylation sites (tertiary alicyclic amines) is 2. The summed E-state index contributed by atoms with van der Waals surface area (Å²) in [5, 5.41) is 0. The quantitative estimate of drug-likeness (QED) is 0.723. The summed E-state index contributed by atoms with van der Waals surface area (Å²) in [5.41, 5.74) is 0. The molecule has 0 unspecified atom stereocenters. The SMILES string of the molecule is CC(C)[C@H]1CC(=O)N(C)[C@H]1C(=O)N1CCCC1. The summed E-state index contributed by atoms with van der Waals surface area (Å²) < 4.78 is 0. The second-order valence-corrected chi connectivity index (χ2v) is 5.59. The highest BCUT2D eigenvalue weighted by atomic mass is 16.2. The standard InChI is InChI=1S/C13H22N2O2/c1-9(2)10-8-11(16)14(3)12(10)13(17)15-6-4-5-7-15/h9-10,12H,4-8H2,1-3H3/t10-,12-/m1/s1. The van der Waals surface area contributed by atoms with Gasteiger partial charge in [0.05, 0.1) is 0 Å². The summed E-state index contributed by atoms with van der Waals surface area (Å²) >= 11 is 0. The molecule has 2 rings (SSSR count). The molecule has 0 radical (unpaired) electrons. The van der Waals surface area contributed by atoms with Crippen molar-refractivity contribution < 1.29 is 9.59 Å². The predicted molar refractivity (Wildman–Crippen MR) is 65.3 cm³/mol. The molecule has 0 aromatic heterocycles. The number of carbonyl (C=O) groups excluding carboxylic acids is 2. The summed E-state index contributed by atoms with van der Waals surface area (Å²) in [7, 11) is 1.77. The van der Waals surface area contributed by atoms with Crippen LogP contribution < -0.4 is 0 Å². The largest absolute Gasteiger partial charge is 0.341 e. The van der Waals surface area contributed by atoms with E-state index in [0.29, 0.717) is 12.3 Å². The van der Waals surface area contributed by atoms with E-state index in [4.69, 9.17) is 0 Å². The molecule has 2 atom stereocenters. The van der Waals surface area contributed by atoms with Gasteiger partial charge in [-0.15, -0.1) is 0 Å². The summed E-state index contributed by atoms with van der Waals surface area (Å²) in [4.78, 5) is 27.8. The molecule has 2 amide bonds. The molecule has 2 heterocycles. The number of rotatable bonds is 2. The zero-order chi connectivity index (χ0) is 12.6. The fourth-order valence-corrected chi connectivity index (χ4v) is 2.97. The second kappa shape index (κ2) is 4.67. The fourth-order valence-electron chi connectivity index (χ4n) is 2.97. The van der Waals surface area contributed by atoms with Gasteiger partial charge in [0.15, 0.2) is 0 Å². The van der Waals surface area contributed by atoms with Gasteiger partial charge in [-0.2, -0.15) is 0 Å². The molecule has 0 aliphatic carbocycles. The van der Waals surface area contributed by atoms with E-state index in [1.165, 1.54) is 0 Å². The molecular weight excluding hydrogens is 216 g/mol. The highest BCUT2D eigenvalue weighted by Crippen LogP contribution is 2.32. The van der Waals surface area contributed by atoms with E-state index < -0.39 is 0 Å². The first-order valence-electron chi connectivity index (χ1n) is 6.57. The number of hydrogen-bond donors (Lipinski definition) is 0. The van der Waals surface area contributed by atoms with Gasteiger partial charge in [0, 0.05) is 26.6 Å². The van der Waals surface area contributed by atoms with Gasteiger partial charge in [-0.25, -0.2) is 0 Å². The number of nitrogens with zero attached hydrogens (tertiary/aromatic N) is 2. The average Bonchev–Trinajstić information content (AvgIpc) is 2.88. The molecule has 0 spiro atoms. The topological polar surface area (TPSA) is 40.6 Å². The molecule has 4 nitrogen and oxygen atoms in total. The molecule has 0 saturated carbocycles. The highest BCUT2D eigenvalue weighted by Gasteiger charge is 2.45. The lowest BCUT2D eigenvalue weighted by Gasteiger charge is -2.29. The Balaban J connectivity index is 2.15. The third kappa shape index (κ3) is 2.17. The maximum Gasteiger partial charge on any atom is 0.245 e. The van der Waals surface area contributed by atoms with Crippen molar-refractivity contribution in [3.8, 4) is 0 Å². The van der Waals surface area contributed by atoms with Crippen LogP contribution in [0.25, 0.3) is 0 Å². The Morgan fingerprint density at radius 3 is 2.41 bits per heavy atom. The fraction of sp³-hybridized carbons (Fsp3) is 0.846. The molecule has 2 aliphatic heterocycles. The van der Waals surface area contributed by atoms with Gasteiger partial charge in [0.2, 0.25) is 11.8 Å². The predicted octanol–water partition coefficient (Wildman–Crippen LogP) is 1.11. The summed E-state index contributed by atoms with van der Waals surface area (Å²) in [6, 6.07) is -0.222. The smallest absolute Gasteiger partial charge is 0.245 e. The van der Waals surface area contributed by atoms with Crippen LogP contribution in [0.3, 0.4) is 0 Å². The van der Waals surface area contributed by atoms with Crippen LogP contribution in [-0.2, 0) is 9.59 Å². The van der Waals surface area contributed by atoms with Gasteiger partial charge in [-0.05, 0) is 24.7 Å². The van der Waals surface area contributed by atoms with Crippen molar-refractivity contribution in [1.82, 2.24) is 9.80 Å². The van der Waals surface area contributed by atoms with E-state index in [1.54, 1.807) is 11.9 Å². The minimum atomic E-state index is -0.222. The molecule has 2 fully saturated rings. The lowest BCUT2D eigenvalue weighted by Crippen LogP contribution is -2.47. The molecular formula is C13H22N2O2. The van der Waals surface area contributed by atoms with Crippen molar-refractivity contribution in [2.45, 2.75) is 39.2 Å². The number of hydrogen-bond acceptors (Lipinski definition) is 2. The van der Waals surface area contributed by atoms with Crippen LogP contribution in [0.15, 0.2) is 0 Å². The van der Waals surface area contributed by atoms with E-state index >= 15 is 0 Å². The first-order chi connectivity index (χ1) is 8.02. The van der Waals surface area contributed by atoms with E-state index in [9.17, 15) is 9.59 Å². The lowest BCUT2D eigenvalue weighted by atomic mass is 9.88. The molecule has 0 bridgehead atoms. The monoisotopic (exact) mass is 238 g/mol. The maximum atomic E-state index is 12.5. The molecule has 0 N–H and O–H groups in total. The van der Waals surface area contributed by atoms with Crippen LogP contribution in [0, 0.1) is 11.8 Å². The van der Waals surface area contributed by atoms with Gasteiger partial charge in [0.1, 0.15) is 6.04 Å². The zero-order valence-electron chi connectivity index (χ0n) is 11.0. The van der Waals surface area contributed by atoms with E-state index in [2.05, 4.69) is 13.8 Å². The summed E-state index contributed by atoms with van der Waals surface area (Å²) in [6.07, 6.45) is 2.73. The lowest BCUT2D eigenvalue weighted by molar-refractivity contribution is -0.140. The van der Waals surface area contributed by atoms with E-state index in [0.717, 1.165) is 25.9 Å². The van der Waals surface area contributed by atoms with Crippen LogP contribution in [0.2, 0.25) is 0 Å². The molecule has 0 aromatic carbocycles. The van der Waals surface area contributed by atoms with Gasteiger partial charge in [-0.3, -0.25) is 9.59 Å². The maximum absolute atomic E-state index is 12.5. The van der Waals surface area contributed by atoms with Crippen molar-refractivity contribution in [3.05, 3.63) is 0 Å². The van der Waals surface area contributed by atoms with Gasteiger partial charge in [0.25, 0.3) is 0 Å². The van der Waals surface area contributed by atoms with E-state index in [1.807, 2.05) is 4.90 Å². The van der Waals surface area contributed by atoms with Crippen LogP contribution in [0.5, 0.6) is 0 Å². The zero-order valence-corrected chi connectivity index (χ0v) is 11.0. The second-order valence-electron chi connectivity index (χ2n) is 5.59. The third-order valence-corrected chi connectivity index (χ3v) is 4.15. The molecule has 2 saturated heterocycles. The van der Waals surface area contributed by atoms with Crippen LogP contribution in [0.1, 0.15) is 33.1 Å². The highest BCUT2D eigenvalue weighted by molar-refractivity contribution is 5.91. The number of likely N-dealkylation sites (N-methyl/N-ethyl adjacent to an activating group) is 1. The molecule has 4 heteroatoms. The van der Waals surface area contributed by atoms with Crippen molar-refractivity contribution in [3.63, 3.8) is 0 Å². The van der Waals surface area contributed by atoms with Crippen LogP contribution in [-0.4, -0.2) is 47.8 Å². The Kier molecular flexibility index (Phi) is 3.40. The van der Waals surface area contributed by atoms with Crippen molar-refractivity contribution in [1.29, 1.82) is 0 Å². The minimum absolute atomic E-state index is 0.112. The van der Waals surface area contributed by atoms with Crippen molar-refractivity contribution in [2.75, 3.05) is 20.1 Å². The Morgan fingerprint density at radius 2 is 1.88 bits per heavy atom.